The van der Waals surface area contributed by atoms with Crippen LogP contribution in [-0.4, -0.2) is 18.0 Å². The first-order chi connectivity index (χ1) is 11.6. The first-order valence-corrected chi connectivity index (χ1v) is 8.89. The van der Waals surface area contributed by atoms with E-state index in [1.54, 1.807) is 25.4 Å². The molecule has 6 heteroatoms. The van der Waals surface area contributed by atoms with Crippen molar-refractivity contribution in [2.45, 2.75) is 6.42 Å². The number of hydrogen-bond acceptors (Lipinski definition) is 4. The third kappa shape index (κ3) is 4.21. The highest BCUT2D eigenvalue weighted by Gasteiger charge is 2.09. The summed E-state index contributed by atoms with van der Waals surface area (Å²) in [6, 6.07) is 15.1. The van der Waals surface area contributed by atoms with E-state index in [0.717, 1.165) is 21.5 Å². The molecule has 0 spiro atoms. The maximum absolute atomic E-state index is 12.2. The maximum Gasteiger partial charge on any atom is 0.257 e. The molecule has 24 heavy (non-hydrogen) atoms. The molecule has 0 saturated carbocycles. The summed E-state index contributed by atoms with van der Waals surface area (Å²) < 4.78 is 6.10. The predicted octanol–water partition coefficient (Wildman–Crippen LogP) is 4.76. The maximum atomic E-state index is 12.2. The van der Waals surface area contributed by atoms with Crippen molar-refractivity contribution >= 4 is 38.3 Å². The monoisotopic (exact) mass is 402 g/mol. The normalized spacial score (nSPS) is 10.4. The van der Waals surface area contributed by atoms with E-state index in [9.17, 15) is 4.79 Å². The van der Waals surface area contributed by atoms with Crippen LogP contribution in [0.5, 0.6) is 5.75 Å². The van der Waals surface area contributed by atoms with Gasteiger partial charge in [0, 0.05) is 27.5 Å². The van der Waals surface area contributed by atoms with Crippen LogP contribution in [0.25, 0.3) is 0 Å². The van der Waals surface area contributed by atoms with Crippen LogP contribution in [0.2, 0.25) is 0 Å². The fourth-order valence-electron chi connectivity index (χ4n) is 2.16. The van der Waals surface area contributed by atoms with Gasteiger partial charge in [-0.2, -0.15) is 0 Å². The topological polar surface area (TPSA) is 51.2 Å². The second-order valence-electron chi connectivity index (χ2n) is 5.12. The van der Waals surface area contributed by atoms with E-state index in [4.69, 9.17) is 4.74 Å². The van der Waals surface area contributed by atoms with Gasteiger partial charge in [-0.25, -0.2) is 4.98 Å². The number of carbonyl (C=O) groups excluding carboxylic acids is 1. The molecule has 0 radical (unpaired) electrons. The lowest BCUT2D eigenvalue weighted by Gasteiger charge is -2.02. The molecule has 2 aromatic carbocycles. The average molecular weight is 403 g/mol. The first kappa shape index (κ1) is 16.7. The largest absolute Gasteiger partial charge is 0.497 e. The van der Waals surface area contributed by atoms with Crippen LogP contribution in [0, 0.1) is 0 Å². The quantitative estimate of drug-likeness (QED) is 0.669. The summed E-state index contributed by atoms with van der Waals surface area (Å²) in [5, 5.41) is 3.44. The van der Waals surface area contributed by atoms with E-state index in [1.165, 1.54) is 16.9 Å². The molecule has 0 fully saturated rings. The molecule has 0 bridgehead atoms. The van der Waals surface area contributed by atoms with Crippen molar-refractivity contribution in [2.75, 3.05) is 12.4 Å². The van der Waals surface area contributed by atoms with Crippen LogP contribution in [0.1, 0.15) is 20.8 Å². The minimum atomic E-state index is -0.159. The van der Waals surface area contributed by atoms with Crippen LogP contribution < -0.4 is 10.1 Å². The van der Waals surface area contributed by atoms with Crippen molar-refractivity contribution in [3.05, 3.63) is 75.2 Å². The number of rotatable bonds is 5. The molecule has 0 saturated heterocycles. The Kier molecular flexibility index (Phi) is 5.27. The molecule has 0 aliphatic rings. The summed E-state index contributed by atoms with van der Waals surface area (Å²) in [4.78, 5) is 17.6. The smallest absolute Gasteiger partial charge is 0.257 e. The molecule has 0 unspecified atom stereocenters. The second kappa shape index (κ2) is 7.59. The summed E-state index contributed by atoms with van der Waals surface area (Å²) in [6.07, 6.45) is 2.57. The lowest BCUT2D eigenvalue weighted by Crippen LogP contribution is -2.11. The summed E-state index contributed by atoms with van der Waals surface area (Å²) in [7, 11) is 1.65. The highest BCUT2D eigenvalue weighted by Crippen LogP contribution is 2.23. The first-order valence-electron chi connectivity index (χ1n) is 7.28. The number of aromatic nitrogens is 1. The molecule has 4 nitrogen and oxygen atoms in total. The highest BCUT2D eigenvalue weighted by atomic mass is 79.9. The number of thiazole rings is 1. The molecule has 1 heterocycles. The molecule has 1 amide bonds. The third-order valence-corrected chi connectivity index (χ3v) is 4.86. The Bertz CT molecular complexity index is 829. The van der Waals surface area contributed by atoms with E-state index in [2.05, 4.69) is 26.2 Å². The Morgan fingerprint density at radius 2 is 1.88 bits per heavy atom. The minimum Gasteiger partial charge on any atom is -0.497 e. The molecule has 0 atom stereocenters. The fraction of sp³-hybridized carbons (Fsp3) is 0.111. The molecule has 122 valence electrons. The summed E-state index contributed by atoms with van der Waals surface area (Å²) >= 11 is 4.84. The van der Waals surface area contributed by atoms with Gasteiger partial charge in [-0.1, -0.05) is 28.1 Å². The van der Waals surface area contributed by atoms with Crippen LogP contribution in [0.3, 0.4) is 0 Å². The SMILES string of the molecule is COc1ccc(Cc2cnc(NC(=O)c3ccc(Br)cc3)s2)cc1. The Balaban J connectivity index is 1.64. The van der Waals surface area contributed by atoms with Crippen molar-refractivity contribution < 1.29 is 9.53 Å². The number of carbonyl (C=O) groups is 1. The van der Waals surface area contributed by atoms with Gasteiger partial charge in [0.2, 0.25) is 0 Å². The summed E-state index contributed by atoms with van der Waals surface area (Å²) in [5.74, 6) is 0.679. The van der Waals surface area contributed by atoms with E-state index in [0.29, 0.717) is 10.7 Å². The van der Waals surface area contributed by atoms with E-state index < -0.39 is 0 Å². The van der Waals surface area contributed by atoms with Crippen LogP contribution >= 0.6 is 27.3 Å². The fourth-order valence-corrected chi connectivity index (χ4v) is 3.27. The van der Waals surface area contributed by atoms with Gasteiger partial charge in [0.25, 0.3) is 5.91 Å². The zero-order chi connectivity index (χ0) is 16.9. The zero-order valence-corrected chi connectivity index (χ0v) is 15.4. The Morgan fingerprint density at radius 3 is 2.54 bits per heavy atom. The Hall–Kier alpha value is -2.18. The van der Waals surface area contributed by atoms with Gasteiger partial charge >= 0.3 is 0 Å². The number of amides is 1. The molecule has 3 aromatic rings. The highest BCUT2D eigenvalue weighted by molar-refractivity contribution is 9.10. The molecular formula is C18H15BrN2O2S. The molecule has 1 aromatic heterocycles. The van der Waals surface area contributed by atoms with E-state index >= 15 is 0 Å². The van der Waals surface area contributed by atoms with E-state index in [-0.39, 0.29) is 5.91 Å². The van der Waals surface area contributed by atoms with Crippen LogP contribution in [0.15, 0.2) is 59.2 Å². The molecule has 3 rings (SSSR count). The van der Waals surface area contributed by atoms with E-state index in [1.807, 2.05) is 36.4 Å². The van der Waals surface area contributed by atoms with Crippen molar-refractivity contribution in [3.8, 4) is 5.75 Å². The van der Waals surface area contributed by atoms with Gasteiger partial charge in [-0.3, -0.25) is 10.1 Å². The number of methoxy groups -OCH3 is 1. The average Bonchev–Trinajstić information content (AvgIpc) is 3.03. The number of halogens is 1. The van der Waals surface area contributed by atoms with Crippen molar-refractivity contribution in [1.29, 1.82) is 0 Å². The van der Waals surface area contributed by atoms with Crippen LogP contribution in [0.4, 0.5) is 5.13 Å². The number of nitrogens with one attached hydrogen (secondary N) is 1. The van der Waals surface area contributed by atoms with Crippen molar-refractivity contribution in [2.24, 2.45) is 0 Å². The van der Waals surface area contributed by atoms with Gasteiger partial charge < -0.3 is 4.74 Å². The second-order valence-corrected chi connectivity index (χ2v) is 7.15. The Morgan fingerprint density at radius 1 is 1.17 bits per heavy atom. The zero-order valence-electron chi connectivity index (χ0n) is 13.0. The summed E-state index contributed by atoms with van der Waals surface area (Å²) in [5.41, 5.74) is 1.77. The van der Waals surface area contributed by atoms with Gasteiger partial charge in [0.1, 0.15) is 5.75 Å². The molecular weight excluding hydrogens is 388 g/mol. The van der Waals surface area contributed by atoms with Gasteiger partial charge in [0.05, 0.1) is 7.11 Å². The van der Waals surface area contributed by atoms with Gasteiger partial charge in [0.15, 0.2) is 5.13 Å². The lowest BCUT2D eigenvalue weighted by atomic mass is 10.1. The Labute approximate surface area is 152 Å². The minimum absolute atomic E-state index is 0.159. The molecule has 0 aliphatic heterocycles. The number of hydrogen-bond donors (Lipinski definition) is 1. The van der Waals surface area contributed by atoms with Crippen molar-refractivity contribution in [3.63, 3.8) is 0 Å². The number of nitrogens with zero attached hydrogens (tertiary/aromatic N) is 1. The lowest BCUT2D eigenvalue weighted by molar-refractivity contribution is 0.102. The standard InChI is InChI=1S/C18H15BrN2O2S/c1-23-15-8-2-12(3-9-15)10-16-11-20-18(24-16)21-17(22)13-4-6-14(19)7-5-13/h2-9,11H,10H2,1H3,(H,20,21,22). The number of anilines is 1. The molecule has 0 aliphatic carbocycles. The third-order valence-electron chi connectivity index (χ3n) is 3.42. The molecule has 1 N–H and O–H groups in total. The summed E-state index contributed by atoms with van der Waals surface area (Å²) in [6.45, 7) is 0. The van der Waals surface area contributed by atoms with Gasteiger partial charge in [-0.05, 0) is 42.0 Å². The van der Waals surface area contributed by atoms with Crippen LogP contribution in [-0.2, 0) is 6.42 Å². The van der Waals surface area contributed by atoms with Crippen molar-refractivity contribution in [1.82, 2.24) is 4.98 Å². The number of ether oxygens (including phenoxy) is 1. The predicted molar refractivity (Wildman–Crippen MR) is 100 cm³/mol. The number of benzene rings is 2. The van der Waals surface area contributed by atoms with Gasteiger partial charge in [-0.15, -0.1) is 11.3 Å².